The van der Waals surface area contributed by atoms with Crippen LogP contribution in [0.1, 0.15) is 10.4 Å². The first-order valence-electron chi connectivity index (χ1n) is 6.19. The SMILES string of the molecule is O=CN1CCN(C(=O)c2ccc3nccn3c2)CC1. The van der Waals surface area contributed by atoms with E-state index in [1.165, 1.54) is 0 Å². The summed E-state index contributed by atoms with van der Waals surface area (Å²) < 4.78 is 1.83. The molecule has 0 atom stereocenters. The average Bonchev–Trinajstić information content (AvgIpc) is 2.94. The fraction of sp³-hybridized carbons (Fsp3) is 0.308. The molecule has 2 amide bonds. The van der Waals surface area contributed by atoms with E-state index in [-0.39, 0.29) is 5.91 Å². The zero-order chi connectivity index (χ0) is 13.2. The quantitative estimate of drug-likeness (QED) is 0.725. The first-order chi connectivity index (χ1) is 9.28. The second-order valence-corrected chi connectivity index (χ2v) is 4.54. The molecular formula is C13H14N4O2. The number of hydrogen-bond donors (Lipinski definition) is 0. The molecule has 2 aromatic rings. The van der Waals surface area contributed by atoms with Gasteiger partial charge in [-0.25, -0.2) is 4.98 Å². The van der Waals surface area contributed by atoms with E-state index < -0.39 is 0 Å². The summed E-state index contributed by atoms with van der Waals surface area (Å²) >= 11 is 0. The molecule has 0 saturated carbocycles. The van der Waals surface area contributed by atoms with Crippen LogP contribution in [-0.4, -0.2) is 57.7 Å². The van der Waals surface area contributed by atoms with Gasteiger partial charge in [0.1, 0.15) is 5.65 Å². The Kier molecular flexibility index (Phi) is 2.91. The summed E-state index contributed by atoms with van der Waals surface area (Å²) in [5, 5.41) is 0. The van der Waals surface area contributed by atoms with Crippen molar-refractivity contribution in [2.45, 2.75) is 0 Å². The summed E-state index contributed by atoms with van der Waals surface area (Å²) in [5.41, 5.74) is 1.47. The molecule has 1 fully saturated rings. The molecule has 2 aromatic heterocycles. The third-order valence-electron chi connectivity index (χ3n) is 3.39. The van der Waals surface area contributed by atoms with Crippen LogP contribution in [0, 0.1) is 0 Å². The van der Waals surface area contributed by atoms with Crippen molar-refractivity contribution in [3.63, 3.8) is 0 Å². The van der Waals surface area contributed by atoms with Crippen molar-refractivity contribution >= 4 is 18.0 Å². The number of hydrogen-bond acceptors (Lipinski definition) is 3. The van der Waals surface area contributed by atoms with Crippen LogP contribution in [0.5, 0.6) is 0 Å². The molecule has 0 aliphatic carbocycles. The highest BCUT2D eigenvalue weighted by Gasteiger charge is 2.21. The minimum absolute atomic E-state index is 0.00106. The Labute approximate surface area is 110 Å². The highest BCUT2D eigenvalue weighted by molar-refractivity contribution is 5.94. The van der Waals surface area contributed by atoms with Crippen molar-refractivity contribution in [3.8, 4) is 0 Å². The lowest BCUT2D eigenvalue weighted by atomic mass is 10.2. The molecule has 0 radical (unpaired) electrons. The Morgan fingerprint density at radius 1 is 1.21 bits per heavy atom. The van der Waals surface area contributed by atoms with Gasteiger partial charge < -0.3 is 14.2 Å². The number of imidazole rings is 1. The van der Waals surface area contributed by atoms with Gasteiger partial charge in [0.05, 0.1) is 5.56 Å². The van der Waals surface area contributed by atoms with Gasteiger partial charge in [-0.15, -0.1) is 0 Å². The Morgan fingerprint density at radius 2 is 2.00 bits per heavy atom. The molecule has 3 rings (SSSR count). The molecule has 3 heterocycles. The lowest BCUT2D eigenvalue weighted by Crippen LogP contribution is -2.48. The van der Waals surface area contributed by atoms with Crippen LogP contribution < -0.4 is 0 Å². The standard InChI is InChI=1S/C13H14N4O2/c18-10-15-5-7-16(8-6-15)13(19)11-1-2-12-14-3-4-17(12)9-11/h1-4,9-10H,5-8H2. The molecule has 0 aromatic carbocycles. The second kappa shape index (κ2) is 4.72. The topological polar surface area (TPSA) is 57.9 Å². The number of piperazine rings is 1. The summed E-state index contributed by atoms with van der Waals surface area (Å²) in [6, 6.07) is 3.62. The minimum Gasteiger partial charge on any atom is -0.342 e. The Bertz CT molecular complexity index is 614. The van der Waals surface area contributed by atoms with Crippen LogP contribution >= 0.6 is 0 Å². The minimum atomic E-state index is 0.00106. The van der Waals surface area contributed by atoms with E-state index in [1.54, 1.807) is 28.3 Å². The van der Waals surface area contributed by atoms with Gasteiger partial charge in [0.2, 0.25) is 6.41 Å². The molecule has 6 heteroatoms. The molecule has 0 unspecified atom stereocenters. The van der Waals surface area contributed by atoms with Crippen molar-refractivity contribution in [1.82, 2.24) is 19.2 Å². The van der Waals surface area contributed by atoms with Crippen LogP contribution in [0.2, 0.25) is 0 Å². The number of carbonyl (C=O) groups excluding carboxylic acids is 2. The molecule has 98 valence electrons. The fourth-order valence-electron chi connectivity index (χ4n) is 2.26. The molecule has 1 aliphatic heterocycles. The van der Waals surface area contributed by atoms with Crippen molar-refractivity contribution < 1.29 is 9.59 Å². The monoisotopic (exact) mass is 258 g/mol. The van der Waals surface area contributed by atoms with Crippen molar-refractivity contribution in [1.29, 1.82) is 0 Å². The fourth-order valence-corrected chi connectivity index (χ4v) is 2.26. The predicted octanol–water partition coefficient (Wildman–Crippen LogP) is 0.248. The lowest BCUT2D eigenvalue weighted by molar-refractivity contribution is -0.119. The van der Waals surface area contributed by atoms with Gasteiger partial charge in [-0.2, -0.15) is 0 Å². The third-order valence-corrected chi connectivity index (χ3v) is 3.39. The summed E-state index contributed by atoms with van der Waals surface area (Å²) in [5.74, 6) is 0.00106. The molecule has 19 heavy (non-hydrogen) atoms. The number of carbonyl (C=O) groups is 2. The van der Waals surface area contributed by atoms with Crippen molar-refractivity contribution in [3.05, 3.63) is 36.3 Å². The normalized spacial score (nSPS) is 15.8. The molecule has 1 saturated heterocycles. The number of fused-ring (bicyclic) bond motifs is 1. The number of nitrogens with zero attached hydrogens (tertiary/aromatic N) is 4. The predicted molar refractivity (Wildman–Crippen MR) is 68.7 cm³/mol. The number of aromatic nitrogens is 2. The van der Waals surface area contributed by atoms with Crippen LogP contribution in [-0.2, 0) is 4.79 Å². The third kappa shape index (κ3) is 2.16. The highest BCUT2D eigenvalue weighted by Crippen LogP contribution is 2.10. The molecule has 0 N–H and O–H groups in total. The number of pyridine rings is 1. The molecule has 1 aliphatic rings. The summed E-state index contributed by atoms with van der Waals surface area (Å²) in [6.07, 6.45) is 6.14. The first-order valence-corrected chi connectivity index (χ1v) is 6.19. The Morgan fingerprint density at radius 3 is 2.74 bits per heavy atom. The highest BCUT2D eigenvalue weighted by atomic mass is 16.2. The Hall–Kier alpha value is -2.37. The maximum Gasteiger partial charge on any atom is 0.255 e. The molecular weight excluding hydrogens is 244 g/mol. The first kappa shape index (κ1) is 11.7. The van der Waals surface area contributed by atoms with Crippen LogP contribution in [0.25, 0.3) is 5.65 Å². The van der Waals surface area contributed by atoms with E-state index in [9.17, 15) is 9.59 Å². The van der Waals surface area contributed by atoms with Gasteiger partial charge in [0, 0.05) is 44.8 Å². The maximum atomic E-state index is 12.3. The van der Waals surface area contributed by atoms with E-state index in [1.807, 2.05) is 16.7 Å². The van der Waals surface area contributed by atoms with Crippen LogP contribution in [0.15, 0.2) is 30.7 Å². The van der Waals surface area contributed by atoms with Gasteiger partial charge in [0.15, 0.2) is 0 Å². The summed E-state index contributed by atoms with van der Waals surface area (Å²) in [6.45, 7) is 2.37. The van der Waals surface area contributed by atoms with Crippen molar-refractivity contribution in [2.24, 2.45) is 0 Å². The second-order valence-electron chi connectivity index (χ2n) is 4.54. The number of amides is 2. The maximum absolute atomic E-state index is 12.3. The van der Waals surface area contributed by atoms with Gasteiger partial charge in [-0.05, 0) is 12.1 Å². The van der Waals surface area contributed by atoms with Gasteiger partial charge >= 0.3 is 0 Å². The number of rotatable bonds is 2. The van der Waals surface area contributed by atoms with E-state index in [0.29, 0.717) is 31.7 Å². The zero-order valence-electron chi connectivity index (χ0n) is 10.4. The summed E-state index contributed by atoms with van der Waals surface area (Å²) in [4.78, 5) is 30.6. The lowest BCUT2D eigenvalue weighted by Gasteiger charge is -2.32. The largest absolute Gasteiger partial charge is 0.342 e. The average molecular weight is 258 g/mol. The van der Waals surface area contributed by atoms with Crippen molar-refractivity contribution in [2.75, 3.05) is 26.2 Å². The van der Waals surface area contributed by atoms with Crippen LogP contribution in [0.3, 0.4) is 0 Å². The van der Waals surface area contributed by atoms with E-state index >= 15 is 0 Å². The zero-order valence-corrected chi connectivity index (χ0v) is 10.4. The Balaban J connectivity index is 1.78. The van der Waals surface area contributed by atoms with Gasteiger partial charge in [-0.3, -0.25) is 9.59 Å². The van der Waals surface area contributed by atoms with E-state index in [0.717, 1.165) is 12.1 Å². The molecule has 0 bridgehead atoms. The molecule has 0 spiro atoms. The van der Waals surface area contributed by atoms with Gasteiger partial charge in [0.25, 0.3) is 5.91 Å². The van der Waals surface area contributed by atoms with Crippen LogP contribution in [0.4, 0.5) is 0 Å². The smallest absolute Gasteiger partial charge is 0.255 e. The van der Waals surface area contributed by atoms with E-state index in [2.05, 4.69) is 4.98 Å². The van der Waals surface area contributed by atoms with E-state index in [4.69, 9.17) is 0 Å². The molecule has 6 nitrogen and oxygen atoms in total. The van der Waals surface area contributed by atoms with Gasteiger partial charge in [-0.1, -0.05) is 0 Å². The summed E-state index contributed by atoms with van der Waals surface area (Å²) in [7, 11) is 0.